The number of benzene rings is 5. The zero-order valence-corrected chi connectivity index (χ0v) is 26.5. The molecule has 0 aromatic heterocycles. The molecule has 0 amide bonds. The summed E-state index contributed by atoms with van der Waals surface area (Å²) in [4.78, 5) is 0. The highest BCUT2D eigenvalue weighted by molar-refractivity contribution is 5.17. The maximum Gasteiger partial charge on any atom is 0.187 e. The van der Waals surface area contributed by atoms with E-state index in [0.717, 1.165) is 27.8 Å². The van der Waals surface area contributed by atoms with E-state index in [2.05, 4.69) is 36.4 Å². The molecule has 0 saturated carbocycles. The van der Waals surface area contributed by atoms with Gasteiger partial charge in [-0.3, -0.25) is 0 Å². The number of ether oxygens (including phenoxy) is 6. The summed E-state index contributed by atoms with van der Waals surface area (Å²) >= 11 is 0. The molecule has 0 N–H and O–H groups in total. The van der Waals surface area contributed by atoms with Gasteiger partial charge in [-0.25, -0.2) is 0 Å². The van der Waals surface area contributed by atoms with Gasteiger partial charge in [-0.1, -0.05) is 152 Å². The average molecular weight is 631 g/mol. The van der Waals surface area contributed by atoms with Gasteiger partial charge >= 0.3 is 0 Å². The summed E-state index contributed by atoms with van der Waals surface area (Å²) in [7, 11) is 0. The smallest absolute Gasteiger partial charge is 0.187 e. The number of rotatable bonds is 16. The van der Waals surface area contributed by atoms with Crippen molar-refractivity contribution in [3.05, 3.63) is 179 Å². The third kappa shape index (κ3) is 9.92. The Kier molecular flexibility index (Phi) is 12.3. The van der Waals surface area contributed by atoms with Gasteiger partial charge in [-0.2, -0.15) is 0 Å². The van der Waals surface area contributed by atoms with Gasteiger partial charge in [0.1, 0.15) is 24.4 Å². The van der Waals surface area contributed by atoms with E-state index in [4.69, 9.17) is 28.4 Å². The van der Waals surface area contributed by atoms with Crippen molar-refractivity contribution in [2.75, 3.05) is 6.61 Å². The third-order valence-corrected chi connectivity index (χ3v) is 8.10. The van der Waals surface area contributed by atoms with E-state index in [-0.39, 0.29) is 6.61 Å². The fraction of sp³-hybridized carbons (Fsp3) is 0.268. The van der Waals surface area contributed by atoms with E-state index in [1.54, 1.807) is 0 Å². The molecule has 47 heavy (non-hydrogen) atoms. The van der Waals surface area contributed by atoms with Crippen LogP contribution >= 0.6 is 0 Å². The fourth-order valence-electron chi connectivity index (χ4n) is 5.63. The summed E-state index contributed by atoms with van der Waals surface area (Å²) in [6.07, 6.45) is -2.84. The summed E-state index contributed by atoms with van der Waals surface area (Å²) in [5, 5.41) is 0. The van der Waals surface area contributed by atoms with Gasteiger partial charge in [-0.05, 0) is 27.8 Å². The standard InChI is InChI=1S/C41H42O6/c1-6-16-32(17-7-1)26-42-31-37-38(43-27-33-18-8-2-9-19-33)39(44-28-34-20-10-3-11-21-34)40(45-29-35-22-12-4-13-23-35)41(47-37)46-30-36-24-14-5-15-25-36/h1-25,37-41H,26-31H2/t37-,38-,39+,40-,41-/m0/s1. The lowest BCUT2D eigenvalue weighted by molar-refractivity contribution is -0.330. The Hall–Kier alpha value is -4.14. The molecular formula is C41H42O6. The van der Waals surface area contributed by atoms with Crippen molar-refractivity contribution < 1.29 is 28.4 Å². The minimum Gasteiger partial charge on any atom is -0.374 e. The van der Waals surface area contributed by atoms with Crippen molar-refractivity contribution >= 4 is 0 Å². The van der Waals surface area contributed by atoms with E-state index < -0.39 is 30.7 Å². The molecular weight excluding hydrogens is 588 g/mol. The topological polar surface area (TPSA) is 55.4 Å². The van der Waals surface area contributed by atoms with Crippen molar-refractivity contribution in [3.8, 4) is 0 Å². The molecule has 0 radical (unpaired) electrons. The van der Waals surface area contributed by atoms with Gasteiger partial charge in [0.2, 0.25) is 0 Å². The SMILES string of the molecule is c1ccc(COC[C@@H]2O[C@H](OCc3ccccc3)[C@@H](OCc3ccccc3)[C@H](OCc3ccccc3)[C@H]2OCc2ccccc2)cc1. The molecule has 1 fully saturated rings. The number of hydrogen-bond donors (Lipinski definition) is 0. The highest BCUT2D eigenvalue weighted by Gasteiger charge is 2.49. The molecule has 0 spiro atoms. The van der Waals surface area contributed by atoms with Crippen LogP contribution in [0.1, 0.15) is 27.8 Å². The van der Waals surface area contributed by atoms with Crippen LogP contribution in [-0.2, 0) is 61.5 Å². The second-order valence-corrected chi connectivity index (χ2v) is 11.6. The zero-order chi connectivity index (χ0) is 31.9. The monoisotopic (exact) mass is 630 g/mol. The zero-order valence-electron chi connectivity index (χ0n) is 26.5. The van der Waals surface area contributed by atoms with Crippen molar-refractivity contribution in [2.24, 2.45) is 0 Å². The van der Waals surface area contributed by atoms with Crippen LogP contribution in [0.5, 0.6) is 0 Å². The lowest BCUT2D eigenvalue weighted by Gasteiger charge is -2.46. The van der Waals surface area contributed by atoms with Crippen LogP contribution in [0.3, 0.4) is 0 Å². The van der Waals surface area contributed by atoms with Gasteiger partial charge < -0.3 is 28.4 Å². The third-order valence-electron chi connectivity index (χ3n) is 8.10. The Morgan fingerprint density at radius 2 is 0.702 bits per heavy atom. The second-order valence-electron chi connectivity index (χ2n) is 11.6. The summed E-state index contributed by atoms with van der Waals surface area (Å²) < 4.78 is 39.7. The minimum absolute atomic E-state index is 0.288. The molecule has 0 bridgehead atoms. The molecule has 6 rings (SSSR count). The Morgan fingerprint density at radius 1 is 0.362 bits per heavy atom. The first-order valence-electron chi connectivity index (χ1n) is 16.2. The maximum atomic E-state index is 6.78. The van der Waals surface area contributed by atoms with E-state index in [1.807, 2.05) is 115 Å². The van der Waals surface area contributed by atoms with E-state index in [1.165, 1.54) is 0 Å². The molecule has 6 heteroatoms. The fourth-order valence-corrected chi connectivity index (χ4v) is 5.63. The van der Waals surface area contributed by atoms with E-state index in [9.17, 15) is 0 Å². The molecule has 5 atom stereocenters. The maximum absolute atomic E-state index is 6.78. The summed E-state index contributed by atoms with van der Waals surface area (Å²) in [5.74, 6) is 0. The van der Waals surface area contributed by atoms with Crippen LogP contribution in [0.4, 0.5) is 0 Å². The van der Waals surface area contributed by atoms with Crippen LogP contribution in [0.15, 0.2) is 152 Å². The van der Waals surface area contributed by atoms with Crippen molar-refractivity contribution in [3.63, 3.8) is 0 Å². The van der Waals surface area contributed by atoms with Crippen LogP contribution < -0.4 is 0 Å². The molecule has 1 aliphatic rings. The number of hydrogen-bond acceptors (Lipinski definition) is 6. The first-order valence-corrected chi connectivity index (χ1v) is 16.2. The Labute approximate surface area is 277 Å². The minimum atomic E-state index is -0.735. The Balaban J connectivity index is 1.29. The Morgan fingerprint density at radius 3 is 1.13 bits per heavy atom. The van der Waals surface area contributed by atoms with Gasteiger partial charge in [0.05, 0.1) is 39.6 Å². The molecule has 1 heterocycles. The van der Waals surface area contributed by atoms with Gasteiger partial charge in [0.15, 0.2) is 6.29 Å². The molecule has 1 aliphatic heterocycles. The van der Waals surface area contributed by atoms with Gasteiger partial charge in [0.25, 0.3) is 0 Å². The normalized spacial score (nSPS) is 21.0. The van der Waals surface area contributed by atoms with Crippen LogP contribution in [0.25, 0.3) is 0 Å². The average Bonchev–Trinajstić information content (AvgIpc) is 3.14. The predicted molar refractivity (Wildman–Crippen MR) is 181 cm³/mol. The second kappa shape index (κ2) is 17.7. The largest absolute Gasteiger partial charge is 0.374 e. The lowest BCUT2D eigenvalue weighted by Crippen LogP contribution is -2.61. The van der Waals surface area contributed by atoms with Crippen LogP contribution in [0.2, 0.25) is 0 Å². The van der Waals surface area contributed by atoms with Crippen molar-refractivity contribution in [1.82, 2.24) is 0 Å². The Bertz CT molecular complexity index is 1550. The molecule has 1 saturated heterocycles. The summed E-state index contributed by atoms with van der Waals surface area (Å²) in [6.45, 7) is 2.23. The first kappa shape index (κ1) is 32.8. The first-order chi connectivity index (χ1) is 23.3. The van der Waals surface area contributed by atoms with E-state index in [0.29, 0.717) is 33.0 Å². The van der Waals surface area contributed by atoms with Crippen molar-refractivity contribution in [1.29, 1.82) is 0 Å². The highest BCUT2D eigenvalue weighted by Crippen LogP contribution is 2.32. The quantitative estimate of drug-likeness (QED) is 0.111. The van der Waals surface area contributed by atoms with Crippen LogP contribution in [-0.4, -0.2) is 37.3 Å². The van der Waals surface area contributed by atoms with Gasteiger partial charge in [-0.15, -0.1) is 0 Å². The molecule has 6 nitrogen and oxygen atoms in total. The van der Waals surface area contributed by atoms with Crippen LogP contribution in [0, 0.1) is 0 Å². The highest BCUT2D eigenvalue weighted by atomic mass is 16.7. The molecule has 5 aromatic carbocycles. The molecule has 5 aromatic rings. The molecule has 0 unspecified atom stereocenters. The van der Waals surface area contributed by atoms with E-state index >= 15 is 0 Å². The summed E-state index contributed by atoms with van der Waals surface area (Å²) in [5.41, 5.74) is 5.29. The molecule has 0 aliphatic carbocycles. The lowest BCUT2D eigenvalue weighted by atomic mass is 9.97. The predicted octanol–water partition coefficient (Wildman–Crippen LogP) is 7.90. The van der Waals surface area contributed by atoms with Gasteiger partial charge in [0, 0.05) is 0 Å². The summed E-state index contributed by atoms with van der Waals surface area (Å²) in [6, 6.07) is 50.6. The van der Waals surface area contributed by atoms with Crippen molar-refractivity contribution in [2.45, 2.75) is 63.7 Å². The molecule has 242 valence electrons.